The lowest BCUT2D eigenvalue weighted by Crippen LogP contribution is -2.28. The molecule has 1 atom stereocenters. The van der Waals surface area contributed by atoms with Gasteiger partial charge in [0.2, 0.25) is 0 Å². The second kappa shape index (κ2) is 6.12. The van der Waals surface area contributed by atoms with Gasteiger partial charge in [-0.05, 0) is 44.9 Å². The maximum Gasteiger partial charge on any atom is 0.195 e. The standard InChI is InChI=1S/C16H22N4S/c1-12(2)19-9-8-13(10-19)11-20-15(17-18-16(20)21)14-6-4-3-5-7-14/h3-7,12-13H,8-11H2,1-2H3,(H,18,21). The number of nitrogens with one attached hydrogen (secondary N) is 1. The van der Waals surface area contributed by atoms with Crippen LogP contribution in [0.4, 0.5) is 0 Å². The van der Waals surface area contributed by atoms with Crippen LogP contribution < -0.4 is 0 Å². The van der Waals surface area contributed by atoms with Crippen molar-refractivity contribution in [2.75, 3.05) is 13.1 Å². The minimum absolute atomic E-state index is 0.626. The average Bonchev–Trinajstić information content (AvgIpc) is 3.09. The molecule has 1 unspecified atom stereocenters. The van der Waals surface area contributed by atoms with Crippen molar-refractivity contribution in [3.63, 3.8) is 0 Å². The van der Waals surface area contributed by atoms with E-state index in [4.69, 9.17) is 12.2 Å². The zero-order valence-electron chi connectivity index (χ0n) is 12.6. The fourth-order valence-electron chi connectivity index (χ4n) is 3.03. The summed E-state index contributed by atoms with van der Waals surface area (Å²) in [6, 6.07) is 10.9. The number of likely N-dealkylation sites (tertiary alicyclic amines) is 1. The van der Waals surface area contributed by atoms with Gasteiger partial charge < -0.3 is 4.90 Å². The molecule has 1 aromatic carbocycles. The molecule has 1 N–H and O–H groups in total. The molecule has 5 heteroatoms. The Bertz CT molecular complexity index is 644. The van der Waals surface area contributed by atoms with Crippen molar-refractivity contribution in [1.82, 2.24) is 19.7 Å². The highest BCUT2D eigenvalue weighted by molar-refractivity contribution is 7.71. The normalized spacial score (nSPS) is 19.5. The molecular weight excluding hydrogens is 280 g/mol. The summed E-state index contributed by atoms with van der Waals surface area (Å²) in [6.07, 6.45) is 1.24. The summed E-state index contributed by atoms with van der Waals surface area (Å²) in [5.41, 5.74) is 1.11. The monoisotopic (exact) mass is 302 g/mol. The molecule has 3 rings (SSSR count). The van der Waals surface area contributed by atoms with Crippen molar-refractivity contribution >= 4 is 12.2 Å². The number of nitrogens with zero attached hydrogens (tertiary/aromatic N) is 3. The molecule has 112 valence electrons. The first-order valence-corrected chi connectivity index (χ1v) is 8.00. The molecule has 4 nitrogen and oxygen atoms in total. The fraction of sp³-hybridized carbons (Fsp3) is 0.500. The predicted octanol–water partition coefficient (Wildman–Crippen LogP) is 3.34. The number of aromatic nitrogens is 3. The molecule has 0 saturated carbocycles. The summed E-state index contributed by atoms with van der Waals surface area (Å²) in [4.78, 5) is 2.54. The molecule has 1 aliphatic rings. The van der Waals surface area contributed by atoms with Crippen molar-refractivity contribution in [1.29, 1.82) is 0 Å². The van der Waals surface area contributed by atoms with Crippen molar-refractivity contribution in [2.45, 2.75) is 32.9 Å². The zero-order valence-corrected chi connectivity index (χ0v) is 13.4. The Hall–Kier alpha value is -1.46. The van der Waals surface area contributed by atoms with Gasteiger partial charge in [0.1, 0.15) is 0 Å². The highest BCUT2D eigenvalue weighted by Crippen LogP contribution is 2.23. The van der Waals surface area contributed by atoms with Gasteiger partial charge in [-0.1, -0.05) is 30.3 Å². The van der Waals surface area contributed by atoms with Crippen molar-refractivity contribution in [2.24, 2.45) is 5.92 Å². The average molecular weight is 302 g/mol. The minimum atomic E-state index is 0.626. The number of rotatable bonds is 4. The van der Waals surface area contributed by atoms with Gasteiger partial charge in [0.25, 0.3) is 0 Å². The molecule has 0 spiro atoms. The lowest BCUT2D eigenvalue weighted by molar-refractivity contribution is 0.260. The van der Waals surface area contributed by atoms with E-state index in [9.17, 15) is 0 Å². The Morgan fingerprint density at radius 1 is 1.33 bits per heavy atom. The number of H-pyrrole nitrogens is 1. The Kier molecular flexibility index (Phi) is 4.22. The van der Waals surface area contributed by atoms with E-state index in [2.05, 4.69) is 45.6 Å². The largest absolute Gasteiger partial charge is 0.301 e. The Labute approximate surface area is 130 Å². The lowest BCUT2D eigenvalue weighted by atomic mass is 10.1. The predicted molar refractivity (Wildman–Crippen MR) is 87.7 cm³/mol. The number of hydrogen-bond acceptors (Lipinski definition) is 3. The van der Waals surface area contributed by atoms with Crippen molar-refractivity contribution in [3.05, 3.63) is 35.1 Å². The third-order valence-electron chi connectivity index (χ3n) is 4.28. The van der Waals surface area contributed by atoms with E-state index in [0.717, 1.165) is 29.2 Å². The Morgan fingerprint density at radius 3 is 2.76 bits per heavy atom. The van der Waals surface area contributed by atoms with Crippen LogP contribution >= 0.6 is 12.2 Å². The van der Waals surface area contributed by atoms with Gasteiger partial charge in [0.15, 0.2) is 10.6 Å². The molecule has 1 aliphatic heterocycles. The van der Waals surface area contributed by atoms with Gasteiger partial charge in [-0.15, -0.1) is 0 Å². The second-order valence-corrected chi connectivity index (χ2v) is 6.46. The first-order valence-electron chi connectivity index (χ1n) is 7.60. The van der Waals surface area contributed by atoms with E-state index in [-0.39, 0.29) is 0 Å². The first kappa shape index (κ1) is 14.5. The summed E-state index contributed by atoms with van der Waals surface area (Å²) < 4.78 is 2.87. The topological polar surface area (TPSA) is 36.9 Å². The molecule has 0 aliphatic carbocycles. The van der Waals surface area contributed by atoms with E-state index in [1.807, 2.05) is 18.2 Å². The summed E-state index contributed by atoms with van der Waals surface area (Å²) in [5.74, 6) is 1.60. The number of aromatic amines is 1. The van der Waals surface area contributed by atoms with Gasteiger partial charge in [-0.3, -0.25) is 9.67 Å². The summed E-state index contributed by atoms with van der Waals surface area (Å²) in [7, 11) is 0. The quantitative estimate of drug-likeness (QED) is 0.880. The van der Waals surface area contributed by atoms with E-state index in [1.54, 1.807) is 0 Å². The molecular formula is C16H22N4S. The van der Waals surface area contributed by atoms with Gasteiger partial charge >= 0.3 is 0 Å². The van der Waals surface area contributed by atoms with Crippen LogP contribution in [0, 0.1) is 10.7 Å². The molecule has 0 radical (unpaired) electrons. The molecule has 21 heavy (non-hydrogen) atoms. The smallest absolute Gasteiger partial charge is 0.195 e. The Balaban J connectivity index is 1.81. The maximum atomic E-state index is 5.42. The number of benzene rings is 1. The van der Waals surface area contributed by atoms with Crippen LogP contribution in [0.2, 0.25) is 0 Å². The van der Waals surface area contributed by atoms with E-state index in [1.165, 1.54) is 13.0 Å². The lowest BCUT2D eigenvalue weighted by Gasteiger charge is -2.20. The van der Waals surface area contributed by atoms with Gasteiger partial charge in [-0.2, -0.15) is 5.10 Å². The second-order valence-electron chi connectivity index (χ2n) is 6.07. The summed E-state index contributed by atoms with van der Waals surface area (Å²) >= 11 is 5.42. The van der Waals surface area contributed by atoms with Crippen LogP contribution in [0.1, 0.15) is 20.3 Å². The van der Waals surface area contributed by atoms with E-state index < -0.39 is 0 Å². The molecule has 0 bridgehead atoms. The van der Waals surface area contributed by atoms with E-state index in [0.29, 0.717) is 12.0 Å². The maximum absolute atomic E-state index is 5.42. The molecule has 2 aromatic rings. The van der Waals surface area contributed by atoms with Crippen LogP contribution in [0.25, 0.3) is 11.4 Å². The number of hydrogen-bond donors (Lipinski definition) is 1. The Morgan fingerprint density at radius 2 is 2.10 bits per heavy atom. The fourth-order valence-corrected chi connectivity index (χ4v) is 3.24. The SMILES string of the molecule is CC(C)N1CCC(Cn2c(-c3ccccc3)n[nH]c2=S)C1. The molecule has 1 saturated heterocycles. The third kappa shape index (κ3) is 3.09. The zero-order chi connectivity index (χ0) is 14.8. The molecule has 2 heterocycles. The highest BCUT2D eigenvalue weighted by Gasteiger charge is 2.25. The van der Waals surface area contributed by atoms with Crippen LogP contribution in [-0.2, 0) is 6.54 Å². The van der Waals surface area contributed by atoms with Crippen LogP contribution in [0.3, 0.4) is 0 Å². The van der Waals surface area contributed by atoms with E-state index >= 15 is 0 Å². The van der Waals surface area contributed by atoms with Gasteiger partial charge in [-0.25, -0.2) is 0 Å². The molecule has 0 amide bonds. The van der Waals surface area contributed by atoms with Crippen molar-refractivity contribution in [3.8, 4) is 11.4 Å². The van der Waals surface area contributed by atoms with Crippen LogP contribution in [-0.4, -0.2) is 38.8 Å². The minimum Gasteiger partial charge on any atom is -0.301 e. The van der Waals surface area contributed by atoms with Crippen molar-refractivity contribution < 1.29 is 0 Å². The van der Waals surface area contributed by atoms with Gasteiger partial charge in [0, 0.05) is 24.7 Å². The van der Waals surface area contributed by atoms with Gasteiger partial charge in [0.05, 0.1) is 0 Å². The molecule has 1 aromatic heterocycles. The molecule has 1 fully saturated rings. The van der Waals surface area contributed by atoms with Crippen LogP contribution in [0.15, 0.2) is 30.3 Å². The first-order chi connectivity index (χ1) is 10.1. The third-order valence-corrected chi connectivity index (χ3v) is 4.59. The van der Waals surface area contributed by atoms with Crippen LogP contribution in [0.5, 0.6) is 0 Å². The summed E-state index contributed by atoms with van der Waals surface area (Å²) in [5, 5.41) is 7.36. The summed E-state index contributed by atoms with van der Waals surface area (Å²) in [6.45, 7) is 7.82. The highest BCUT2D eigenvalue weighted by atomic mass is 32.1.